The number of nitrogens with zero attached hydrogens (tertiary/aromatic N) is 4. The molecule has 1 aromatic heterocycles. The highest BCUT2D eigenvalue weighted by atomic mass is 16.2. The van der Waals surface area contributed by atoms with Gasteiger partial charge in [0.15, 0.2) is 0 Å². The zero-order valence-electron chi connectivity index (χ0n) is 20.9. The van der Waals surface area contributed by atoms with Crippen molar-refractivity contribution in [2.45, 2.75) is 58.3 Å². The number of nitrogens with one attached hydrogen (secondary N) is 1. The van der Waals surface area contributed by atoms with Crippen LogP contribution in [0.2, 0.25) is 0 Å². The molecule has 2 saturated heterocycles. The molecule has 1 unspecified atom stereocenters. The van der Waals surface area contributed by atoms with Gasteiger partial charge in [0.05, 0.1) is 6.42 Å². The van der Waals surface area contributed by atoms with Gasteiger partial charge < -0.3 is 15.1 Å². The Morgan fingerprint density at radius 3 is 2.38 bits per heavy atom. The fraction of sp³-hybridized carbons (Fsp3) is 0.556. The minimum absolute atomic E-state index is 0.142. The van der Waals surface area contributed by atoms with Gasteiger partial charge in [-0.1, -0.05) is 44.2 Å². The van der Waals surface area contributed by atoms with E-state index >= 15 is 0 Å². The second-order valence-corrected chi connectivity index (χ2v) is 10.5. The number of rotatable bonds is 5. The van der Waals surface area contributed by atoms with Gasteiger partial charge in [0.25, 0.3) is 0 Å². The van der Waals surface area contributed by atoms with Crippen molar-refractivity contribution in [2.24, 2.45) is 5.41 Å². The summed E-state index contributed by atoms with van der Waals surface area (Å²) in [4.78, 5) is 39.9. The first-order chi connectivity index (χ1) is 16.2. The molecule has 2 aliphatic rings. The van der Waals surface area contributed by atoms with Crippen molar-refractivity contribution >= 4 is 17.6 Å². The number of hydrogen-bond acceptors (Lipinski definition) is 5. The lowest BCUT2D eigenvalue weighted by molar-refractivity contribution is -0.149. The lowest BCUT2D eigenvalue weighted by atomic mass is 9.76. The highest BCUT2D eigenvalue weighted by Crippen LogP contribution is 2.38. The van der Waals surface area contributed by atoms with Crippen LogP contribution in [0.1, 0.15) is 56.6 Å². The van der Waals surface area contributed by atoms with E-state index < -0.39 is 5.41 Å². The molecule has 1 N–H and O–H groups in total. The minimum atomic E-state index is -0.439. The number of anilines is 1. The number of piperidine rings is 2. The van der Waals surface area contributed by atoms with Crippen LogP contribution in [-0.4, -0.2) is 64.8 Å². The summed E-state index contributed by atoms with van der Waals surface area (Å²) in [7, 11) is 1.86. The van der Waals surface area contributed by atoms with E-state index in [1.807, 2.05) is 60.2 Å². The molecular formula is C27H37N5O2. The summed E-state index contributed by atoms with van der Waals surface area (Å²) in [5.41, 5.74) is 1.25. The normalized spacial score (nSPS) is 22.4. The van der Waals surface area contributed by atoms with Gasteiger partial charge in [-0.05, 0) is 38.2 Å². The first-order valence-corrected chi connectivity index (χ1v) is 12.4. The second-order valence-electron chi connectivity index (χ2n) is 10.5. The fourth-order valence-electron chi connectivity index (χ4n) is 5.29. The molecule has 0 spiro atoms. The predicted molar refractivity (Wildman–Crippen MR) is 134 cm³/mol. The van der Waals surface area contributed by atoms with Crippen molar-refractivity contribution in [1.29, 1.82) is 0 Å². The van der Waals surface area contributed by atoms with E-state index in [2.05, 4.69) is 19.2 Å². The Kier molecular flexibility index (Phi) is 6.91. The maximum absolute atomic E-state index is 13.7. The third kappa shape index (κ3) is 5.08. The standard InChI is InChI=1S/C27H37N5O2/c1-20-17-22(28-4)30-24(29-20)27(3)11-8-14-32(19-27)25(34)26(2)12-15-31(16-13-26)23(33)18-21-9-6-5-7-10-21/h5-7,9-10,17H,8,11-16,18-19H2,1-4H3,(H,28,29,30). The van der Waals surface area contributed by atoms with Gasteiger partial charge in [-0.2, -0.15) is 0 Å². The molecule has 0 bridgehead atoms. The highest BCUT2D eigenvalue weighted by molar-refractivity contribution is 5.84. The lowest BCUT2D eigenvalue weighted by Gasteiger charge is -2.45. The Bertz CT molecular complexity index is 1030. The Balaban J connectivity index is 1.40. The highest BCUT2D eigenvalue weighted by Gasteiger charge is 2.44. The monoisotopic (exact) mass is 463 g/mol. The summed E-state index contributed by atoms with van der Waals surface area (Å²) in [6, 6.07) is 11.8. The SMILES string of the molecule is CNc1cc(C)nc(C2(C)CCCN(C(=O)C3(C)CCN(C(=O)Cc4ccccc4)CC3)C2)n1. The third-order valence-corrected chi connectivity index (χ3v) is 7.57. The van der Waals surface area contributed by atoms with E-state index in [0.717, 1.165) is 42.3 Å². The Morgan fingerprint density at radius 1 is 1.00 bits per heavy atom. The molecule has 182 valence electrons. The molecule has 0 saturated carbocycles. The van der Waals surface area contributed by atoms with Crippen molar-refractivity contribution in [2.75, 3.05) is 38.5 Å². The molecule has 0 aliphatic carbocycles. The molecular weight excluding hydrogens is 426 g/mol. The Hall–Kier alpha value is -2.96. The average molecular weight is 464 g/mol. The van der Waals surface area contributed by atoms with Crippen molar-refractivity contribution in [3.05, 3.63) is 53.5 Å². The summed E-state index contributed by atoms with van der Waals surface area (Å²) < 4.78 is 0. The Morgan fingerprint density at radius 2 is 1.71 bits per heavy atom. The van der Waals surface area contributed by atoms with E-state index in [4.69, 9.17) is 9.97 Å². The maximum Gasteiger partial charge on any atom is 0.228 e. The van der Waals surface area contributed by atoms with E-state index in [9.17, 15) is 9.59 Å². The zero-order chi connectivity index (χ0) is 24.3. The van der Waals surface area contributed by atoms with Crippen molar-refractivity contribution in [3.8, 4) is 0 Å². The number of benzene rings is 1. The topological polar surface area (TPSA) is 78.4 Å². The van der Waals surface area contributed by atoms with Gasteiger partial charge in [-0.25, -0.2) is 9.97 Å². The number of hydrogen-bond donors (Lipinski definition) is 1. The molecule has 1 atom stereocenters. The lowest BCUT2D eigenvalue weighted by Crippen LogP contribution is -2.55. The first kappa shape index (κ1) is 24.2. The van der Waals surface area contributed by atoms with E-state index in [1.54, 1.807) is 0 Å². The molecule has 2 amide bonds. The van der Waals surface area contributed by atoms with Crippen LogP contribution in [-0.2, 0) is 21.4 Å². The number of aromatic nitrogens is 2. The van der Waals surface area contributed by atoms with Crippen molar-refractivity contribution in [3.63, 3.8) is 0 Å². The minimum Gasteiger partial charge on any atom is -0.373 e. The molecule has 3 heterocycles. The molecule has 0 radical (unpaired) electrons. The molecule has 34 heavy (non-hydrogen) atoms. The fourth-order valence-corrected chi connectivity index (χ4v) is 5.29. The third-order valence-electron chi connectivity index (χ3n) is 7.57. The number of likely N-dealkylation sites (tertiary alicyclic amines) is 2. The van der Waals surface area contributed by atoms with Gasteiger partial charge in [-0.15, -0.1) is 0 Å². The summed E-state index contributed by atoms with van der Waals surface area (Å²) >= 11 is 0. The number of carbonyl (C=O) groups excluding carboxylic acids is 2. The van der Waals surface area contributed by atoms with Gasteiger partial charge in [0.2, 0.25) is 11.8 Å². The van der Waals surface area contributed by atoms with Gasteiger partial charge in [-0.3, -0.25) is 9.59 Å². The first-order valence-electron chi connectivity index (χ1n) is 12.4. The maximum atomic E-state index is 13.7. The molecule has 2 aromatic rings. The number of aryl methyl sites for hydroxylation is 1. The zero-order valence-corrected chi connectivity index (χ0v) is 20.9. The van der Waals surface area contributed by atoms with E-state index in [-0.39, 0.29) is 17.2 Å². The van der Waals surface area contributed by atoms with Gasteiger partial charge in [0.1, 0.15) is 11.6 Å². The van der Waals surface area contributed by atoms with Gasteiger partial charge in [0, 0.05) is 55.8 Å². The summed E-state index contributed by atoms with van der Waals surface area (Å²) in [5, 5.41) is 3.12. The van der Waals surface area contributed by atoms with Crippen LogP contribution >= 0.6 is 0 Å². The molecule has 2 fully saturated rings. The van der Waals surface area contributed by atoms with Crippen LogP contribution < -0.4 is 5.32 Å². The number of carbonyl (C=O) groups is 2. The average Bonchev–Trinajstić information content (AvgIpc) is 2.84. The summed E-state index contributed by atoms with van der Waals surface area (Å²) in [6.45, 7) is 8.89. The quantitative estimate of drug-likeness (QED) is 0.733. The molecule has 7 heteroatoms. The van der Waals surface area contributed by atoms with Crippen molar-refractivity contribution in [1.82, 2.24) is 19.8 Å². The van der Waals surface area contributed by atoms with Crippen LogP contribution in [0.25, 0.3) is 0 Å². The van der Waals surface area contributed by atoms with E-state index in [1.165, 1.54) is 0 Å². The van der Waals surface area contributed by atoms with Crippen LogP contribution in [0.4, 0.5) is 5.82 Å². The largest absolute Gasteiger partial charge is 0.373 e. The molecule has 1 aromatic carbocycles. The smallest absolute Gasteiger partial charge is 0.228 e. The van der Waals surface area contributed by atoms with Crippen molar-refractivity contribution < 1.29 is 9.59 Å². The van der Waals surface area contributed by atoms with Crippen LogP contribution in [0.15, 0.2) is 36.4 Å². The summed E-state index contributed by atoms with van der Waals surface area (Å²) in [6.07, 6.45) is 3.71. The summed E-state index contributed by atoms with van der Waals surface area (Å²) in [5.74, 6) is 1.96. The molecule has 7 nitrogen and oxygen atoms in total. The molecule has 2 aliphatic heterocycles. The number of amides is 2. The van der Waals surface area contributed by atoms with E-state index in [0.29, 0.717) is 38.9 Å². The van der Waals surface area contributed by atoms with Crippen LogP contribution in [0.5, 0.6) is 0 Å². The second kappa shape index (κ2) is 9.72. The van der Waals surface area contributed by atoms with Gasteiger partial charge >= 0.3 is 0 Å². The van der Waals surface area contributed by atoms with Crippen LogP contribution in [0, 0.1) is 12.3 Å². The Labute approximate surface area is 203 Å². The molecule has 4 rings (SSSR count). The van der Waals surface area contributed by atoms with Crippen LogP contribution in [0.3, 0.4) is 0 Å². The predicted octanol–water partition coefficient (Wildman–Crippen LogP) is 3.58.